The van der Waals surface area contributed by atoms with Crippen molar-refractivity contribution in [3.63, 3.8) is 0 Å². The van der Waals surface area contributed by atoms with E-state index in [1.54, 1.807) is 7.11 Å². The van der Waals surface area contributed by atoms with E-state index in [2.05, 4.69) is 49.2 Å². The Morgan fingerprint density at radius 1 is 1.16 bits per heavy atom. The van der Waals surface area contributed by atoms with Crippen LogP contribution in [0.15, 0.2) is 36.4 Å². The van der Waals surface area contributed by atoms with Crippen molar-refractivity contribution < 1.29 is 4.74 Å². The minimum atomic E-state index is 0. The van der Waals surface area contributed by atoms with Crippen LogP contribution < -0.4 is 4.74 Å². The molecule has 2 rings (SSSR count). The molecular formula is C16H22ClNO. The first kappa shape index (κ1) is 15.8. The molecule has 0 heterocycles. The summed E-state index contributed by atoms with van der Waals surface area (Å²) in [5.41, 5.74) is 1.40. The van der Waals surface area contributed by atoms with Gasteiger partial charge in [-0.05, 0) is 48.5 Å². The van der Waals surface area contributed by atoms with Crippen LogP contribution in [-0.2, 0) is 6.42 Å². The third-order valence-corrected chi connectivity index (χ3v) is 3.48. The highest BCUT2D eigenvalue weighted by molar-refractivity contribution is 5.87. The minimum absolute atomic E-state index is 0. The van der Waals surface area contributed by atoms with E-state index in [0.717, 1.165) is 25.3 Å². The molecule has 0 fully saturated rings. The third-order valence-electron chi connectivity index (χ3n) is 3.48. The molecule has 0 radical (unpaired) electrons. The van der Waals surface area contributed by atoms with Gasteiger partial charge in [0.15, 0.2) is 0 Å². The average Bonchev–Trinajstić information content (AvgIpc) is 2.43. The maximum atomic E-state index is 5.31. The number of nitrogens with zero attached hydrogens (tertiary/aromatic N) is 1. The minimum Gasteiger partial charge on any atom is -0.497 e. The normalized spacial score (nSPS) is 10.5. The molecule has 0 aliphatic rings. The van der Waals surface area contributed by atoms with Crippen molar-refractivity contribution in [2.45, 2.75) is 13.3 Å². The zero-order valence-corrected chi connectivity index (χ0v) is 12.7. The first-order valence-electron chi connectivity index (χ1n) is 6.48. The molecule has 104 valence electrons. The third kappa shape index (κ3) is 3.85. The molecule has 2 aromatic carbocycles. The molecular weight excluding hydrogens is 258 g/mol. The lowest BCUT2D eigenvalue weighted by atomic mass is 10.0. The second kappa shape index (κ2) is 7.37. The summed E-state index contributed by atoms with van der Waals surface area (Å²) in [5, 5.41) is 2.59. The number of rotatable bonds is 5. The van der Waals surface area contributed by atoms with Crippen LogP contribution in [0.1, 0.15) is 12.5 Å². The van der Waals surface area contributed by atoms with E-state index in [1.165, 1.54) is 16.3 Å². The van der Waals surface area contributed by atoms with Crippen molar-refractivity contribution >= 4 is 23.2 Å². The van der Waals surface area contributed by atoms with Crippen molar-refractivity contribution in [2.75, 3.05) is 27.2 Å². The largest absolute Gasteiger partial charge is 0.497 e. The van der Waals surface area contributed by atoms with Crippen LogP contribution in [-0.4, -0.2) is 32.1 Å². The topological polar surface area (TPSA) is 12.5 Å². The Hall–Kier alpha value is -1.25. The van der Waals surface area contributed by atoms with E-state index < -0.39 is 0 Å². The summed E-state index contributed by atoms with van der Waals surface area (Å²) < 4.78 is 5.31. The molecule has 0 saturated heterocycles. The monoisotopic (exact) mass is 279 g/mol. The fourth-order valence-corrected chi connectivity index (χ4v) is 2.13. The molecule has 2 nitrogen and oxygen atoms in total. The molecule has 0 spiro atoms. The Morgan fingerprint density at radius 2 is 1.95 bits per heavy atom. The molecule has 0 aromatic heterocycles. The van der Waals surface area contributed by atoms with E-state index >= 15 is 0 Å². The Bertz CT molecular complexity index is 527. The van der Waals surface area contributed by atoms with Crippen molar-refractivity contribution in [3.8, 4) is 5.75 Å². The highest BCUT2D eigenvalue weighted by atomic mass is 35.5. The molecule has 0 aliphatic carbocycles. The van der Waals surface area contributed by atoms with E-state index in [1.807, 2.05) is 6.07 Å². The highest BCUT2D eigenvalue weighted by Crippen LogP contribution is 2.24. The van der Waals surface area contributed by atoms with E-state index in [4.69, 9.17) is 4.74 Å². The maximum Gasteiger partial charge on any atom is 0.119 e. The summed E-state index contributed by atoms with van der Waals surface area (Å²) in [5.74, 6) is 0.929. The fraction of sp³-hybridized carbons (Fsp3) is 0.375. The maximum absolute atomic E-state index is 5.31. The van der Waals surface area contributed by atoms with Crippen molar-refractivity contribution in [1.29, 1.82) is 0 Å². The smallest absolute Gasteiger partial charge is 0.119 e. The second-order valence-electron chi connectivity index (χ2n) is 4.65. The molecule has 0 N–H and O–H groups in total. The number of fused-ring (bicyclic) bond motifs is 1. The van der Waals surface area contributed by atoms with Crippen LogP contribution in [0.5, 0.6) is 5.75 Å². The lowest BCUT2D eigenvalue weighted by Crippen LogP contribution is -2.20. The van der Waals surface area contributed by atoms with Gasteiger partial charge in [-0.3, -0.25) is 0 Å². The standard InChI is InChI=1S/C16H21NO.ClH/c1-4-17(2)11-10-14-7-5-6-13-8-9-15(18-3)12-16(13)14;/h5-9,12H,4,10-11H2,1-3H3;1H. The molecule has 0 unspecified atom stereocenters. The number of likely N-dealkylation sites (N-methyl/N-ethyl adjacent to an activating group) is 1. The number of hydrogen-bond donors (Lipinski definition) is 0. The lowest BCUT2D eigenvalue weighted by Gasteiger charge is -2.14. The predicted molar refractivity (Wildman–Crippen MR) is 84.6 cm³/mol. The zero-order valence-electron chi connectivity index (χ0n) is 11.8. The van der Waals surface area contributed by atoms with Gasteiger partial charge in [0, 0.05) is 6.54 Å². The fourth-order valence-electron chi connectivity index (χ4n) is 2.13. The van der Waals surface area contributed by atoms with Crippen LogP contribution in [0.3, 0.4) is 0 Å². The van der Waals surface area contributed by atoms with E-state index in [9.17, 15) is 0 Å². The SMILES string of the molecule is CCN(C)CCc1cccc2ccc(OC)cc12.Cl. The van der Waals surface area contributed by atoms with E-state index in [0.29, 0.717) is 0 Å². The summed E-state index contributed by atoms with van der Waals surface area (Å²) in [4.78, 5) is 2.33. The number of benzene rings is 2. The summed E-state index contributed by atoms with van der Waals surface area (Å²) in [6.45, 7) is 4.37. The van der Waals surface area contributed by atoms with Gasteiger partial charge in [0.1, 0.15) is 5.75 Å². The second-order valence-corrected chi connectivity index (χ2v) is 4.65. The Kier molecular flexibility index (Phi) is 6.13. The molecule has 3 heteroatoms. The predicted octanol–water partition coefficient (Wildman–Crippen LogP) is 3.76. The van der Waals surface area contributed by atoms with E-state index in [-0.39, 0.29) is 12.4 Å². The lowest BCUT2D eigenvalue weighted by molar-refractivity contribution is 0.358. The van der Waals surface area contributed by atoms with Gasteiger partial charge >= 0.3 is 0 Å². The van der Waals surface area contributed by atoms with Gasteiger partial charge in [-0.2, -0.15) is 0 Å². The zero-order chi connectivity index (χ0) is 13.0. The first-order chi connectivity index (χ1) is 8.74. The number of hydrogen-bond acceptors (Lipinski definition) is 2. The molecule has 0 atom stereocenters. The van der Waals surface area contributed by atoms with Crippen LogP contribution in [0.4, 0.5) is 0 Å². The molecule has 19 heavy (non-hydrogen) atoms. The summed E-state index contributed by atoms with van der Waals surface area (Å²) in [7, 11) is 3.88. The van der Waals surface area contributed by atoms with Gasteiger partial charge in [-0.25, -0.2) is 0 Å². The molecule has 0 aliphatic heterocycles. The highest BCUT2D eigenvalue weighted by Gasteiger charge is 2.03. The number of methoxy groups -OCH3 is 1. The molecule has 0 amide bonds. The quantitative estimate of drug-likeness (QED) is 0.826. The Morgan fingerprint density at radius 3 is 2.63 bits per heavy atom. The Labute approximate surface area is 121 Å². The summed E-state index contributed by atoms with van der Waals surface area (Å²) in [6, 6.07) is 12.8. The van der Waals surface area contributed by atoms with Gasteiger partial charge in [-0.1, -0.05) is 31.2 Å². The van der Waals surface area contributed by atoms with Crippen molar-refractivity contribution in [2.24, 2.45) is 0 Å². The van der Waals surface area contributed by atoms with Crippen molar-refractivity contribution in [3.05, 3.63) is 42.0 Å². The van der Waals surface area contributed by atoms with Gasteiger partial charge < -0.3 is 9.64 Å². The molecule has 2 aromatic rings. The van der Waals surface area contributed by atoms with Gasteiger partial charge in [0.25, 0.3) is 0 Å². The van der Waals surface area contributed by atoms with Crippen molar-refractivity contribution in [1.82, 2.24) is 4.90 Å². The Balaban J connectivity index is 0.00000180. The summed E-state index contributed by atoms with van der Waals surface area (Å²) in [6.07, 6.45) is 1.08. The molecule has 0 bridgehead atoms. The van der Waals surface area contributed by atoms with Crippen LogP contribution in [0.25, 0.3) is 10.8 Å². The average molecular weight is 280 g/mol. The van der Waals surface area contributed by atoms with Gasteiger partial charge in [-0.15, -0.1) is 12.4 Å². The van der Waals surface area contributed by atoms with Crippen LogP contribution in [0, 0.1) is 0 Å². The van der Waals surface area contributed by atoms with Gasteiger partial charge in [0.2, 0.25) is 0 Å². The van der Waals surface area contributed by atoms with Crippen LogP contribution >= 0.6 is 12.4 Å². The number of halogens is 1. The number of ether oxygens (including phenoxy) is 1. The van der Waals surface area contributed by atoms with Gasteiger partial charge in [0.05, 0.1) is 7.11 Å². The first-order valence-corrected chi connectivity index (χ1v) is 6.48. The van der Waals surface area contributed by atoms with Crippen LogP contribution in [0.2, 0.25) is 0 Å². The summed E-state index contributed by atoms with van der Waals surface area (Å²) >= 11 is 0. The molecule has 0 saturated carbocycles.